The van der Waals surface area contributed by atoms with Crippen molar-refractivity contribution in [3.63, 3.8) is 0 Å². The molecule has 1 saturated heterocycles. The highest BCUT2D eigenvalue weighted by Gasteiger charge is 2.24. The molecule has 2 aromatic rings. The number of amides is 1. The maximum absolute atomic E-state index is 12.5. The standard InChI is InChI=1S/C18H25N5O/c1-12-7-8-16(19-14(12)3)18(24)20-15-6-5-9-23(11-15)17-10-13(2)21-22(17)4/h7-8,10,15H,5-6,9,11H2,1-4H3,(H,20,24)/t15-/m1/s1. The van der Waals surface area contributed by atoms with E-state index in [-0.39, 0.29) is 11.9 Å². The molecule has 0 radical (unpaired) electrons. The number of anilines is 1. The van der Waals surface area contributed by atoms with Gasteiger partial charge in [-0.15, -0.1) is 0 Å². The predicted molar refractivity (Wildman–Crippen MR) is 94.4 cm³/mol. The van der Waals surface area contributed by atoms with E-state index in [9.17, 15) is 4.79 Å². The van der Waals surface area contributed by atoms with Crippen molar-refractivity contribution in [2.45, 2.75) is 39.7 Å². The van der Waals surface area contributed by atoms with Gasteiger partial charge in [0, 0.05) is 37.9 Å². The Morgan fingerprint density at radius 1 is 1.29 bits per heavy atom. The number of aryl methyl sites for hydroxylation is 4. The first-order valence-corrected chi connectivity index (χ1v) is 8.45. The molecule has 1 amide bonds. The highest BCUT2D eigenvalue weighted by molar-refractivity contribution is 5.92. The van der Waals surface area contributed by atoms with Gasteiger partial charge in [0.2, 0.25) is 0 Å². The van der Waals surface area contributed by atoms with Crippen molar-refractivity contribution in [1.29, 1.82) is 0 Å². The molecule has 3 rings (SSSR count). The van der Waals surface area contributed by atoms with E-state index in [1.165, 1.54) is 0 Å². The summed E-state index contributed by atoms with van der Waals surface area (Å²) in [5, 5.41) is 7.55. The first-order chi connectivity index (χ1) is 11.4. The van der Waals surface area contributed by atoms with Crippen LogP contribution < -0.4 is 10.2 Å². The molecule has 6 heteroatoms. The summed E-state index contributed by atoms with van der Waals surface area (Å²) >= 11 is 0. The summed E-state index contributed by atoms with van der Waals surface area (Å²) in [5.74, 6) is 1.02. The lowest BCUT2D eigenvalue weighted by atomic mass is 10.1. The van der Waals surface area contributed by atoms with Crippen LogP contribution in [0.5, 0.6) is 0 Å². The number of carbonyl (C=O) groups is 1. The number of hydrogen-bond acceptors (Lipinski definition) is 4. The van der Waals surface area contributed by atoms with Gasteiger partial charge in [-0.3, -0.25) is 9.48 Å². The van der Waals surface area contributed by atoms with Crippen molar-refractivity contribution < 1.29 is 4.79 Å². The first kappa shape index (κ1) is 16.5. The summed E-state index contributed by atoms with van der Waals surface area (Å²) in [4.78, 5) is 19.2. The van der Waals surface area contributed by atoms with E-state index < -0.39 is 0 Å². The van der Waals surface area contributed by atoms with E-state index in [2.05, 4.69) is 26.4 Å². The molecule has 1 aliphatic rings. The van der Waals surface area contributed by atoms with E-state index in [4.69, 9.17) is 0 Å². The number of nitrogens with one attached hydrogen (secondary N) is 1. The zero-order chi connectivity index (χ0) is 17.3. The lowest BCUT2D eigenvalue weighted by Crippen LogP contribution is -2.48. The molecule has 0 aromatic carbocycles. The Bertz CT molecular complexity index is 752. The molecule has 2 aromatic heterocycles. The number of rotatable bonds is 3. The molecule has 1 N–H and O–H groups in total. The first-order valence-electron chi connectivity index (χ1n) is 8.45. The lowest BCUT2D eigenvalue weighted by molar-refractivity contribution is 0.0928. The highest BCUT2D eigenvalue weighted by atomic mass is 16.1. The average Bonchev–Trinajstić information content (AvgIpc) is 2.89. The maximum Gasteiger partial charge on any atom is 0.270 e. The van der Waals surface area contributed by atoms with E-state index in [1.54, 1.807) is 6.07 Å². The zero-order valence-electron chi connectivity index (χ0n) is 14.8. The van der Waals surface area contributed by atoms with E-state index in [0.29, 0.717) is 5.69 Å². The fourth-order valence-corrected chi connectivity index (χ4v) is 3.21. The third-order valence-electron chi connectivity index (χ3n) is 4.64. The number of aromatic nitrogens is 3. The molecule has 0 spiro atoms. The molecule has 24 heavy (non-hydrogen) atoms. The van der Waals surface area contributed by atoms with Crippen molar-refractivity contribution in [3.8, 4) is 0 Å². The van der Waals surface area contributed by atoms with Crippen molar-refractivity contribution in [2.75, 3.05) is 18.0 Å². The molecule has 1 atom stereocenters. The van der Waals surface area contributed by atoms with Crippen molar-refractivity contribution in [3.05, 3.63) is 40.8 Å². The minimum atomic E-state index is -0.0915. The quantitative estimate of drug-likeness (QED) is 0.938. The van der Waals surface area contributed by atoms with Gasteiger partial charge in [0.25, 0.3) is 5.91 Å². The van der Waals surface area contributed by atoms with Crippen molar-refractivity contribution in [2.24, 2.45) is 7.05 Å². The summed E-state index contributed by atoms with van der Waals surface area (Å²) in [6.07, 6.45) is 2.04. The molecule has 128 valence electrons. The Kier molecular flexibility index (Phi) is 4.55. The van der Waals surface area contributed by atoms with Gasteiger partial charge in [-0.1, -0.05) is 6.07 Å². The van der Waals surface area contributed by atoms with Gasteiger partial charge in [-0.05, 0) is 45.2 Å². The molecule has 0 aliphatic carbocycles. The van der Waals surface area contributed by atoms with Crippen molar-refractivity contribution >= 4 is 11.7 Å². The molecule has 1 fully saturated rings. The van der Waals surface area contributed by atoms with E-state index >= 15 is 0 Å². The Morgan fingerprint density at radius 3 is 2.75 bits per heavy atom. The molecule has 3 heterocycles. The second kappa shape index (κ2) is 6.63. The van der Waals surface area contributed by atoms with Crippen LogP contribution in [0.25, 0.3) is 0 Å². The summed E-state index contributed by atoms with van der Waals surface area (Å²) < 4.78 is 1.91. The molecule has 6 nitrogen and oxygen atoms in total. The fraction of sp³-hybridized carbons (Fsp3) is 0.500. The van der Waals surface area contributed by atoms with Crippen LogP contribution in [0.15, 0.2) is 18.2 Å². The average molecular weight is 327 g/mol. The zero-order valence-corrected chi connectivity index (χ0v) is 14.8. The summed E-state index contributed by atoms with van der Waals surface area (Å²) in [7, 11) is 1.96. The van der Waals surface area contributed by atoms with Gasteiger partial charge < -0.3 is 10.2 Å². The number of carbonyl (C=O) groups excluding carboxylic acids is 1. The van der Waals surface area contributed by atoms with Crippen molar-refractivity contribution in [1.82, 2.24) is 20.1 Å². The largest absolute Gasteiger partial charge is 0.355 e. The summed E-state index contributed by atoms with van der Waals surface area (Å²) in [6, 6.07) is 5.96. The Hall–Kier alpha value is -2.37. The van der Waals surface area contributed by atoms with Crippen LogP contribution in [0, 0.1) is 20.8 Å². The molecule has 0 saturated carbocycles. The van der Waals surface area contributed by atoms with Gasteiger partial charge >= 0.3 is 0 Å². The van der Waals surface area contributed by atoms with Crippen LogP contribution in [-0.2, 0) is 7.05 Å². The monoisotopic (exact) mass is 327 g/mol. The van der Waals surface area contributed by atoms with Crippen LogP contribution in [0.3, 0.4) is 0 Å². The van der Waals surface area contributed by atoms with Gasteiger partial charge in [0.15, 0.2) is 0 Å². The van der Waals surface area contributed by atoms with Gasteiger partial charge in [0.1, 0.15) is 11.5 Å². The van der Waals surface area contributed by atoms with Crippen LogP contribution in [0.1, 0.15) is 40.3 Å². The number of nitrogens with zero attached hydrogens (tertiary/aromatic N) is 4. The predicted octanol–water partition coefficient (Wildman–Crippen LogP) is 2.14. The lowest BCUT2D eigenvalue weighted by Gasteiger charge is -2.34. The fourth-order valence-electron chi connectivity index (χ4n) is 3.21. The molecular weight excluding hydrogens is 302 g/mol. The maximum atomic E-state index is 12.5. The topological polar surface area (TPSA) is 63.1 Å². The highest BCUT2D eigenvalue weighted by Crippen LogP contribution is 2.20. The summed E-state index contributed by atoms with van der Waals surface area (Å²) in [6.45, 7) is 7.72. The van der Waals surface area contributed by atoms with Gasteiger partial charge in [-0.25, -0.2) is 4.98 Å². The normalized spacial score (nSPS) is 17.8. The van der Waals surface area contributed by atoms with Gasteiger partial charge in [-0.2, -0.15) is 5.10 Å². The van der Waals surface area contributed by atoms with Gasteiger partial charge in [0.05, 0.1) is 5.69 Å². The van der Waals surface area contributed by atoms with Crippen LogP contribution in [0.4, 0.5) is 5.82 Å². The Morgan fingerprint density at radius 2 is 2.08 bits per heavy atom. The minimum absolute atomic E-state index is 0.0915. The minimum Gasteiger partial charge on any atom is -0.355 e. The van der Waals surface area contributed by atoms with Crippen LogP contribution in [0.2, 0.25) is 0 Å². The van der Waals surface area contributed by atoms with Crippen LogP contribution in [-0.4, -0.2) is 39.8 Å². The summed E-state index contributed by atoms with van der Waals surface area (Å²) in [5.41, 5.74) is 3.50. The third kappa shape index (κ3) is 3.42. The number of pyridine rings is 1. The Labute approximate surface area is 142 Å². The molecule has 0 bridgehead atoms. The second-order valence-corrected chi connectivity index (χ2v) is 6.62. The molecule has 0 unspecified atom stereocenters. The van der Waals surface area contributed by atoms with Crippen LogP contribution >= 0.6 is 0 Å². The molecule has 1 aliphatic heterocycles. The molecular formula is C18H25N5O. The smallest absolute Gasteiger partial charge is 0.270 e. The third-order valence-corrected chi connectivity index (χ3v) is 4.64. The second-order valence-electron chi connectivity index (χ2n) is 6.62. The SMILES string of the molecule is Cc1cc(N2CCC[C@@H](NC(=O)c3ccc(C)c(C)n3)C2)n(C)n1. The van der Waals surface area contributed by atoms with E-state index in [0.717, 1.165) is 48.7 Å². The van der Waals surface area contributed by atoms with E-state index in [1.807, 2.05) is 38.6 Å². The number of hydrogen-bond donors (Lipinski definition) is 1. The number of piperidine rings is 1. The Balaban J connectivity index is 1.67.